The molecule has 5 nitrogen and oxygen atoms in total. The second-order valence-electron chi connectivity index (χ2n) is 6.95. The highest BCUT2D eigenvalue weighted by Gasteiger charge is 2.21. The number of aromatic nitrogens is 1. The standard InChI is InChI=1S/C21H27N3O2/c1-16-6-5-7-17(2)21(16)26-15-20(25)23-18-9-12-24(13-10-18)14-19-8-3-4-11-22-19/h3-8,11,18H,9-10,12-15H2,1-2H3,(H,23,25). The van der Waals surface area contributed by atoms with Gasteiger partial charge in [0.1, 0.15) is 5.75 Å². The summed E-state index contributed by atoms with van der Waals surface area (Å²) in [4.78, 5) is 19.0. The highest BCUT2D eigenvalue weighted by molar-refractivity contribution is 5.78. The summed E-state index contributed by atoms with van der Waals surface area (Å²) in [5.41, 5.74) is 3.21. The summed E-state index contributed by atoms with van der Waals surface area (Å²) in [6.45, 7) is 6.88. The largest absolute Gasteiger partial charge is 0.483 e. The van der Waals surface area contributed by atoms with E-state index in [1.807, 2.05) is 50.4 Å². The van der Waals surface area contributed by atoms with Crippen LogP contribution in [0.3, 0.4) is 0 Å². The number of para-hydroxylation sites is 1. The molecule has 1 aliphatic rings. The lowest BCUT2D eigenvalue weighted by molar-refractivity contribution is -0.124. The molecule has 2 heterocycles. The van der Waals surface area contributed by atoms with Crippen molar-refractivity contribution in [2.24, 2.45) is 0 Å². The fourth-order valence-electron chi connectivity index (χ4n) is 3.39. The predicted molar refractivity (Wildman–Crippen MR) is 102 cm³/mol. The van der Waals surface area contributed by atoms with E-state index < -0.39 is 0 Å². The molecule has 0 aliphatic carbocycles. The van der Waals surface area contributed by atoms with Crippen LogP contribution >= 0.6 is 0 Å². The minimum Gasteiger partial charge on any atom is -0.483 e. The van der Waals surface area contributed by atoms with Gasteiger partial charge in [-0.15, -0.1) is 0 Å². The van der Waals surface area contributed by atoms with Crippen molar-refractivity contribution in [3.05, 3.63) is 59.4 Å². The van der Waals surface area contributed by atoms with Crippen LogP contribution in [-0.2, 0) is 11.3 Å². The van der Waals surface area contributed by atoms with Crippen molar-refractivity contribution in [3.63, 3.8) is 0 Å². The highest BCUT2D eigenvalue weighted by Crippen LogP contribution is 2.22. The van der Waals surface area contributed by atoms with E-state index >= 15 is 0 Å². The molecule has 0 saturated carbocycles. The van der Waals surface area contributed by atoms with Gasteiger partial charge in [0.15, 0.2) is 6.61 Å². The van der Waals surface area contributed by atoms with Gasteiger partial charge in [0, 0.05) is 31.9 Å². The summed E-state index contributed by atoms with van der Waals surface area (Å²) < 4.78 is 5.74. The molecule has 1 amide bonds. The fourth-order valence-corrected chi connectivity index (χ4v) is 3.39. The average Bonchev–Trinajstić information content (AvgIpc) is 2.64. The molecule has 0 unspecified atom stereocenters. The van der Waals surface area contributed by atoms with Crippen LogP contribution in [0.4, 0.5) is 0 Å². The molecule has 2 aromatic rings. The molecule has 0 bridgehead atoms. The Morgan fingerprint density at radius 2 is 1.88 bits per heavy atom. The molecular weight excluding hydrogens is 326 g/mol. The molecule has 138 valence electrons. The molecule has 3 rings (SSSR count). The molecule has 26 heavy (non-hydrogen) atoms. The van der Waals surface area contributed by atoms with Gasteiger partial charge in [-0.25, -0.2) is 0 Å². The number of carbonyl (C=O) groups is 1. The minimum absolute atomic E-state index is 0.0455. The fraction of sp³-hybridized carbons (Fsp3) is 0.429. The maximum Gasteiger partial charge on any atom is 0.258 e. The summed E-state index contributed by atoms with van der Waals surface area (Å²) in [7, 11) is 0. The quantitative estimate of drug-likeness (QED) is 0.868. The second-order valence-corrected chi connectivity index (χ2v) is 6.95. The lowest BCUT2D eigenvalue weighted by Crippen LogP contribution is -2.45. The summed E-state index contributed by atoms with van der Waals surface area (Å²) >= 11 is 0. The molecule has 0 radical (unpaired) electrons. The number of likely N-dealkylation sites (tertiary alicyclic amines) is 1. The van der Waals surface area contributed by atoms with E-state index in [1.54, 1.807) is 0 Å². The van der Waals surface area contributed by atoms with E-state index in [-0.39, 0.29) is 18.6 Å². The van der Waals surface area contributed by atoms with Crippen LogP contribution < -0.4 is 10.1 Å². The van der Waals surface area contributed by atoms with Crippen molar-refractivity contribution in [1.29, 1.82) is 0 Å². The number of aryl methyl sites for hydroxylation is 2. The molecule has 1 N–H and O–H groups in total. The zero-order valence-electron chi connectivity index (χ0n) is 15.6. The van der Waals surface area contributed by atoms with Crippen LogP contribution in [0, 0.1) is 13.8 Å². The van der Waals surface area contributed by atoms with Crippen molar-refractivity contribution in [2.75, 3.05) is 19.7 Å². The SMILES string of the molecule is Cc1cccc(C)c1OCC(=O)NC1CCN(Cc2ccccn2)CC1. The molecule has 1 aromatic heterocycles. The Labute approximate surface area is 155 Å². The van der Waals surface area contributed by atoms with Crippen LogP contribution in [0.2, 0.25) is 0 Å². The number of pyridine rings is 1. The number of carbonyl (C=O) groups excluding carboxylic acids is 1. The summed E-state index contributed by atoms with van der Waals surface area (Å²) in [5.74, 6) is 0.767. The van der Waals surface area contributed by atoms with E-state index in [0.29, 0.717) is 0 Å². The third-order valence-electron chi connectivity index (χ3n) is 4.82. The van der Waals surface area contributed by atoms with E-state index in [2.05, 4.69) is 21.3 Å². The Morgan fingerprint density at radius 1 is 1.15 bits per heavy atom. The third kappa shape index (κ3) is 5.05. The van der Waals surface area contributed by atoms with Crippen molar-refractivity contribution >= 4 is 5.91 Å². The first-order chi connectivity index (χ1) is 12.6. The number of amides is 1. The first-order valence-corrected chi connectivity index (χ1v) is 9.22. The third-order valence-corrected chi connectivity index (χ3v) is 4.82. The number of hydrogen-bond acceptors (Lipinski definition) is 4. The predicted octanol–water partition coefficient (Wildman–Crippen LogP) is 2.86. The van der Waals surface area contributed by atoms with E-state index in [9.17, 15) is 4.79 Å². The van der Waals surface area contributed by atoms with Gasteiger partial charge in [-0.1, -0.05) is 24.3 Å². The Balaban J connectivity index is 1.41. The topological polar surface area (TPSA) is 54.5 Å². The normalized spacial score (nSPS) is 15.6. The van der Waals surface area contributed by atoms with Gasteiger partial charge < -0.3 is 10.1 Å². The van der Waals surface area contributed by atoms with Gasteiger partial charge in [-0.3, -0.25) is 14.7 Å². The molecule has 1 aliphatic heterocycles. The zero-order chi connectivity index (χ0) is 18.4. The number of piperidine rings is 1. The van der Waals surface area contributed by atoms with Gasteiger partial charge >= 0.3 is 0 Å². The molecule has 0 atom stereocenters. The van der Waals surface area contributed by atoms with Crippen molar-refractivity contribution in [2.45, 2.75) is 39.3 Å². The number of nitrogens with zero attached hydrogens (tertiary/aromatic N) is 2. The zero-order valence-corrected chi connectivity index (χ0v) is 15.6. The summed E-state index contributed by atoms with van der Waals surface area (Å²) in [6.07, 6.45) is 3.75. The van der Waals surface area contributed by atoms with Gasteiger partial charge in [0.25, 0.3) is 5.91 Å². The summed E-state index contributed by atoms with van der Waals surface area (Å²) in [6, 6.07) is 12.2. The van der Waals surface area contributed by atoms with Crippen molar-refractivity contribution in [3.8, 4) is 5.75 Å². The van der Waals surface area contributed by atoms with Crippen LogP contribution in [0.5, 0.6) is 5.75 Å². The molecule has 1 fully saturated rings. The van der Waals surface area contributed by atoms with E-state index in [0.717, 1.165) is 55.0 Å². The Kier molecular flexibility index (Phi) is 6.23. The molecule has 1 aromatic carbocycles. The smallest absolute Gasteiger partial charge is 0.258 e. The Hall–Kier alpha value is -2.40. The van der Waals surface area contributed by atoms with E-state index in [4.69, 9.17) is 4.74 Å². The number of ether oxygens (including phenoxy) is 1. The number of benzene rings is 1. The molecular formula is C21H27N3O2. The van der Waals surface area contributed by atoms with Gasteiger partial charge in [-0.05, 0) is 49.9 Å². The lowest BCUT2D eigenvalue weighted by Gasteiger charge is -2.32. The lowest BCUT2D eigenvalue weighted by atomic mass is 10.0. The van der Waals surface area contributed by atoms with E-state index in [1.165, 1.54) is 0 Å². The van der Waals surface area contributed by atoms with Crippen molar-refractivity contribution in [1.82, 2.24) is 15.2 Å². The van der Waals surface area contributed by atoms with Gasteiger partial charge in [0.2, 0.25) is 0 Å². The van der Waals surface area contributed by atoms with Gasteiger partial charge in [0.05, 0.1) is 5.69 Å². The molecule has 0 spiro atoms. The van der Waals surface area contributed by atoms with Crippen LogP contribution in [0.1, 0.15) is 29.7 Å². The maximum atomic E-state index is 12.2. The monoisotopic (exact) mass is 353 g/mol. The first-order valence-electron chi connectivity index (χ1n) is 9.22. The molecule has 1 saturated heterocycles. The number of hydrogen-bond donors (Lipinski definition) is 1. The second kappa shape index (κ2) is 8.81. The Morgan fingerprint density at radius 3 is 2.54 bits per heavy atom. The average molecular weight is 353 g/mol. The number of nitrogens with one attached hydrogen (secondary N) is 1. The van der Waals surface area contributed by atoms with Crippen molar-refractivity contribution < 1.29 is 9.53 Å². The van der Waals surface area contributed by atoms with Crippen LogP contribution in [0.15, 0.2) is 42.6 Å². The first kappa shape index (κ1) is 18.4. The molecule has 5 heteroatoms. The highest BCUT2D eigenvalue weighted by atomic mass is 16.5. The van der Waals surface area contributed by atoms with Gasteiger partial charge in [-0.2, -0.15) is 0 Å². The van der Waals surface area contributed by atoms with Crippen LogP contribution in [0.25, 0.3) is 0 Å². The maximum absolute atomic E-state index is 12.2. The van der Waals surface area contributed by atoms with Crippen LogP contribution in [-0.4, -0.2) is 41.5 Å². The minimum atomic E-state index is -0.0455. The Bertz CT molecular complexity index is 705. The number of rotatable bonds is 6. The summed E-state index contributed by atoms with van der Waals surface area (Å²) in [5, 5.41) is 3.11.